The minimum absolute atomic E-state index is 0.520. The van der Waals surface area contributed by atoms with Gasteiger partial charge in [0.25, 0.3) is 0 Å². The summed E-state index contributed by atoms with van der Waals surface area (Å²) in [7, 11) is 2.18. The predicted octanol–water partition coefficient (Wildman–Crippen LogP) is 2.52. The highest BCUT2D eigenvalue weighted by Gasteiger charge is 2.27. The van der Waals surface area contributed by atoms with Crippen molar-refractivity contribution < 1.29 is 0 Å². The van der Waals surface area contributed by atoms with E-state index in [0.29, 0.717) is 12.5 Å². The van der Waals surface area contributed by atoms with Crippen LogP contribution in [0.4, 0.5) is 11.5 Å². The molecule has 1 aliphatic heterocycles. The molecule has 1 N–H and O–H groups in total. The van der Waals surface area contributed by atoms with Crippen molar-refractivity contribution in [3.63, 3.8) is 0 Å². The second-order valence-electron chi connectivity index (χ2n) is 7.60. The normalized spacial score (nSPS) is 18.0. The fraction of sp³-hybridized carbons (Fsp3) is 0.474. The van der Waals surface area contributed by atoms with Gasteiger partial charge in [-0.25, -0.2) is 19.5 Å². The predicted molar refractivity (Wildman–Crippen MR) is 112 cm³/mol. The Morgan fingerprint density at radius 1 is 1.14 bits per heavy atom. The number of nitrogens with one attached hydrogen (secondary N) is 1. The quantitative estimate of drug-likeness (QED) is 0.608. The molecule has 0 radical (unpaired) electrons. The van der Waals surface area contributed by atoms with Crippen LogP contribution in [0.25, 0.3) is 5.65 Å². The molecule has 1 aliphatic carbocycles. The molecule has 0 amide bonds. The van der Waals surface area contributed by atoms with Gasteiger partial charge in [-0.1, -0.05) is 0 Å². The Labute approximate surface area is 172 Å². The molecule has 0 aromatic carbocycles. The molecule has 0 atom stereocenters. The average Bonchev–Trinajstić information content (AvgIpc) is 3.46. The van der Waals surface area contributed by atoms with Gasteiger partial charge >= 0.3 is 0 Å². The molecule has 3 aromatic heterocycles. The van der Waals surface area contributed by atoms with Crippen LogP contribution in [0.15, 0.2) is 29.3 Å². The fourth-order valence-electron chi connectivity index (χ4n) is 3.63. The zero-order valence-corrected chi connectivity index (χ0v) is 17.4. The zero-order valence-electron chi connectivity index (χ0n) is 15.8. The second-order valence-corrected chi connectivity index (χ2v) is 8.41. The van der Waals surface area contributed by atoms with Crippen LogP contribution in [0.5, 0.6) is 0 Å². The topological polar surface area (TPSA) is 74.5 Å². The van der Waals surface area contributed by atoms with Gasteiger partial charge in [0.2, 0.25) is 0 Å². The number of rotatable bonds is 5. The first-order valence-electron chi connectivity index (χ1n) is 9.70. The van der Waals surface area contributed by atoms with E-state index >= 15 is 0 Å². The van der Waals surface area contributed by atoms with Gasteiger partial charge in [-0.05, 0) is 53.4 Å². The Balaban J connectivity index is 1.44. The number of hydrogen-bond acceptors (Lipinski definition) is 7. The van der Waals surface area contributed by atoms with Crippen LogP contribution in [-0.4, -0.2) is 62.7 Å². The van der Waals surface area contributed by atoms with E-state index in [0.717, 1.165) is 48.1 Å². The lowest BCUT2D eigenvalue weighted by Gasteiger charge is -2.34. The number of pyridine rings is 1. The first-order chi connectivity index (χ1) is 13.7. The first kappa shape index (κ1) is 17.8. The number of fused-ring (bicyclic) bond motifs is 1. The maximum atomic E-state index is 4.84. The zero-order chi connectivity index (χ0) is 19.1. The molecule has 0 bridgehead atoms. The third-order valence-electron chi connectivity index (χ3n) is 5.43. The highest BCUT2D eigenvalue weighted by molar-refractivity contribution is 9.10. The van der Waals surface area contributed by atoms with Crippen molar-refractivity contribution in [1.29, 1.82) is 0 Å². The Kier molecular flexibility index (Phi) is 4.64. The van der Waals surface area contributed by atoms with Gasteiger partial charge in [-0.2, -0.15) is 0 Å². The van der Waals surface area contributed by atoms with Gasteiger partial charge < -0.3 is 15.1 Å². The van der Waals surface area contributed by atoms with Crippen molar-refractivity contribution in [3.05, 3.63) is 40.6 Å². The van der Waals surface area contributed by atoms with Crippen molar-refractivity contribution in [1.82, 2.24) is 29.5 Å². The van der Waals surface area contributed by atoms with E-state index in [1.54, 1.807) is 0 Å². The molecular formula is C19H23BrN8. The number of piperazine rings is 1. The molecule has 2 fully saturated rings. The largest absolute Gasteiger partial charge is 0.366 e. The maximum Gasteiger partial charge on any atom is 0.179 e. The SMILES string of the molecule is CN1CCN(c2cc(C3CC3)cn3nc(CNc4cc(Br)ncn4)nc23)CC1. The Morgan fingerprint density at radius 2 is 1.96 bits per heavy atom. The molecule has 1 saturated carbocycles. The van der Waals surface area contributed by atoms with Crippen molar-refractivity contribution in [2.75, 3.05) is 43.4 Å². The van der Waals surface area contributed by atoms with Gasteiger partial charge in [0, 0.05) is 38.4 Å². The molecule has 1 saturated heterocycles. The van der Waals surface area contributed by atoms with Crippen molar-refractivity contribution in [3.8, 4) is 0 Å². The molecule has 146 valence electrons. The molecule has 9 heteroatoms. The summed E-state index contributed by atoms with van der Waals surface area (Å²) in [6.07, 6.45) is 6.24. The third kappa shape index (κ3) is 3.68. The molecule has 0 unspecified atom stereocenters. The van der Waals surface area contributed by atoms with Crippen LogP contribution in [0.2, 0.25) is 0 Å². The van der Waals surface area contributed by atoms with Gasteiger partial charge in [-0.3, -0.25) is 0 Å². The van der Waals surface area contributed by atoms with Gasteiger partial charge in [0.1, 0.15) is 16.7 Å². The first-order valence-corrected chi connectivity index (χ1v) is 10.5. The van der Waals surface area contributed by atoms with Gasteiger partial charge in [0.15, 0.2) is 11.5 Å². The van der Waals surface area contributed by atoms with Gasteiger partial charge in [0.05, 0.1) is 12.2 Å². The highest BCUT2D eigenvalue weighted by atomic mass is 79.9. The number of likely N-dealkylation sites (N-methyl/N-ethyl adjacent to an activating group) is 1. The minimum atomic E-state index is 0.520. The Morgan fingerprint density at radius 3 is 2.71 bits per heavy atom. The number of aromatic nitrogens is 5. The standard InChI is InChI=1S/C19H23BrN8/c1-26-4-6-27(7-5-26)15-8-14(13-2-3-13)11-28-19(15)24-18(25-28)10-21-17-9-16(20)22-12-23-17/h8-9,11-13H,2-7,10H2,1H3,(H,21,22,23). The third-order valence-corrected chi connectivity index (χ3v) is 5.87. The van der Waals surface area contributed by atoms with E-state index in [-0.39, 0.29) is 0 Å². The summed E-state index contributed by atoms with van der Waals surface area (Å²) in [5.41, 5.74) is 3.53. The Hall–Kier alpha value is -2.26. The van der Waals surface area contributed by atoms with Crippen LogP contribution in [0, 0.1) is 0 Å². The van der Waals surface area contributed by atoms with E-state index in [1.807, 2.05) is 10.6 Å². The highest BCUT2D eigenvalue weighted by Crippen LogP contribution is 2.41. The lowest BCUT2D eigenvalue weighted by Crippen LogP contribution is -2.44. The lowest BCUT2D eigenvalue weighted by molar-refractivity contribution is 0.313. The van der Waals surface area contributed by atoms with E-state index < -0.39 is 0 Å². The van der Waals surface area contributed by atoms with E-state index in [2.05, 4.69) is 60.3 Å². The van der Waals surface area contributed by atoms with Gasteiger partial charge in [-0.15, -0.1) is 5.10 Å². The monoisotopic (exact) mass is 442 g/mol. The smallest absolute Gasteiger partial charge is 0.179 e. The fourth-order valence-corrected chi connectivity index (χ4v) is 3.94. The molecule has 0 spiro atoms. The van der Waals surface area contributed by atoms with E-state index in [4.69, 9.17) is 10.1 Å². The maximum absolute atomic E-state index is 4.84. The molecule has 2 aliphatic rings. The van der Waals surface area contributed by atoms with Crippen LogP contribution < -0.4 is 10.2 Å². The molecule has 5 rings (SSSR count). The molecule has 28 heavy (non-hydrogen) atoms. The molecule has 4 heterocycles. The van der Waals surface area contributed by atoms with Crippen molar-refractivity contribution >= 4 is 33.1 Å². The average molecular weight is 443 g/mol. The van der Waals surface area contributed by atoms with Crippen LogP contribution in [-0.2, 0) is 6.54 Å². The van der Waals surface area contributed by atoms with E-state index in [1.165, 1.54) is 30.4 Å². The second kappa shape index (κ2) is 7.29. The lowest BCUT2D eigenvalue weighted by atomic mass is 10.1. The van der Waals surface area contributed by atoms with Crippen molar-refractivity contribution in [2.24, 2.45) is 0 Å². The summed E-state index contributed by atoms with van der Waals surface area (Å²) in [5, 5.41) is 8.02. The molecule has 3 aromatic rings. The summed E-state index contributed by atoms with van der Waals surface area (Å²) in [4.78, 5) is 17.9. The number of nitrogens with zero attached hydrogens (tertiary/aromatic N) is 7. The van der Waals surface area contributed by atoms with Crippen LogP contribution in [0.1, 0.15) is 30.1 Å². The Bertz CT molecular complexity index is 991. The van der Waals surface area contributed by atoms with E-state index in [9.17, 15) is 0 Å². The summed E-state index contributed by atoms with van der Waals surface area (Å²) in [6, 6.07) is 4.18. The molecule has 8 nitrogen and oxygen atoms in total. The summed E-state index contributed by atoms with van der Waals surface area (Å²) >= 11 is 3.37. The summed E-state index contributed by atoms with van der Waals surface area (Å²) < 4.78 is 2.72. The van der Waals surface area contributed by atoms with Crippen LogP contribution in [0.3, 0.4) is 0 Å². The van der Waals surface area contributed by atoms with Crippen molar-refractivity contribution in [2.45, 2.75) is 25.3 Å². The number of halogens is 1. The summed E-state index contributed by atoms with van der Waals surface area (Å²) in [5.74, 6) is 2.19. The van der Waals surface area contributed by atoms with Crippen LogP contribution >= 0.6 is 15.9 Å². The number of anilines is 2. The number of hydrogen-bond donors (Lipinski definition) is 1. The molecular weight excluding hydrogens is 420 g/mol. The minimum Gasteiger partial charge on any atom is -0.366 e. The summed E-state index contributed by atoms with van der Waals surface area (Å²) in [6.45, 7) is 4.72.